The second-order valence-corrected chi connectivity index (χ2v) is 7.27. The van der Waals surface area contributed by atoms with Gasteiger partial charge in [0.25, 0.3) is 0 Å². The van der Waals surface area contributed by atoms with Gasteiger partial charge in [0.05, 0.1) is 5.52 Å². The van der Waals surface area contributed by atoms with Crippen LogP contribution in [0.1, 0.15) is 11.1 Å². The van der Waals surface area contributed by atoms with Gasteiger partial charge in [-0.1, -0.05) is 66.7 Å². The molecular formula is C24H20N4O. The van der Waals surface area contributed by atoms with Gasteiger partial charge >= 0.3 is 0 Å². The molecule has 0 saturated carbocycles. The summed E-state index contributed by atoms with van der Waals surface area (Å²) in [6.07, 6.45) is 0.574. The lowest BCUT2D eigenvalue weighted by atomic mass is 9.93. The van der Waals surface area contributed by atoms with E-state index in [0.29, 0.717) is 18.8 Å². The van der Waals surface area contributed by atoms with Crippen LogP contribution in [0.25, 0.3) is 22.3 Å². The minimum Gasteiger partial charge on any atom is -0.368 e. The van der Waals surface area contributed by atoms with Crippen LogP contribution in [-0.2, 0) is 17.8 Å². The number of carbonyl (C=O) groups excluding carboxylic acids is 1. The van der Waals surface area contributed by atoms with Crippen LogP contribution in [0, 0.1) is 0 Å². The van der Waals surface area contributed by atoms with Gasteiger partial charge in [-0.05, 0) is 23.3 Å². The van der Waals surface area contributed by atoms with E-state index in [4.69, 9.17) is 15.7 Å². The Hall–Kier alpha value is -3.73. The molecule has 142 valence electrons. The molecule has 5 heteroatoms. The van der Waals surface area contributed by atoms with E-state index < -0.39 is 6.04 Å². The molecule has 1 aromatic heterocycles. The Kier molecular flexibility index (Phi) is 4.21. The lowest BCUT2D eigenvalue weighted by Crippen LogP contribution is -2.49. The maximum absolute atomic E-state index is 12.4. The van der Waals surface area contributed by atoms with E-state index in [2.05, 4.69) is 12.1 Å². The topological polar surface area (TPSA) is 72.1 Å². The number of amides is 1. The second-order valence-electron chi connectivity index (χ2n) is 7.27. The number of nitrogens with two attached hydrogens (primary N) is 1. The number of hydrogen-bond donors (Lipinski definition) is 1. The molecule has 1 unspecified atom stereocenters. The summed E-state index contributed by atoms with van der Waals surface area (Å²) < 4.78 is 0. The summed E-state index contributed by atoms with van der Waals surface area (Å²) in [7, 11) is 0. The van der Waals surface area contributed by atoms with Crippen LogP contribution in [0.2, 0.25) is 0 Å². The molecule has 1 amide bonds. The lowest BCUT2D eigenvalue weighted by Gasteiger charge is -2.36. The quantitative estimate of drug-likeness (QED) is 0.588. The maximum Gasteiger partial charge on any atom is 0.240 e. The van der Waals surface area contributed by atoms with Crippen LogP contribution >= 0.6 is 0 Å². The maximum atomic E-state index is 12.4. The fraction of sp³-hybridized carbons (Fsp3) is 0.125. The molecule has 5 nitrogen and oxygen atoms in total. The van der Waals surface area contributed by atoms with E-state index in [-0.39, 0.29) is 5.91 Å². The highest BCUT2D eigenvalue weighted by molar-refractivity contribution is 5.94. The second kappa shape index (κ2) is 7.02. The predicted octanol–water partition coefficient (Wildman–Crippen LogP) is 3.71. The zero-order valence-corrected chi connectivity index (χ0v) is 15.8. The first-order chi connectivity index (χ1) is 14.2. The molecule has 2 N–H and O–H groups in total. The molecule has 5 rings (SSSR count). The number of benzene rings is 3. The van der Waals surface area contributed by atoms with E-state index >= 15 is 0 Å². The van der Waals surface area contributed by atoms with Crippen molar-refractivity contribution in [1.82, 2.24) is 9.97 Å². The molecule has 0 fully saturated rings. The molecule has 29 heavy (non-hydrogen) atoms. The van der Waals surface area contributed by atoms with Gasteiger partial charge in [-0.3, -0.25) is 4.79 Å². The van der Waals surface area contributed by atoms with Gasteiger partial charge in [0, 0.05) is 23.9 Å². The zero-order chi connectivity index (χ0) is 19.8. The molecule has 1 atom stereocenters. The van der Waals surface area contributed by atoms with E-state index in [9.17, 15) is 4.79 Å². The van der Waals surface area contributed by atoms with Gasteiger partial charge in [-0.25, -0.2) is 9.97 Å². The number of para-hydroxylation sites is 1. The summed E-state index contributed by atoms with van der Waals surface area (Å²) in [6.45, 7) is 0.582. The number of rotatable bonds is 3. The number of fused-ring (bicyclic) bond motifs is 2. The first kappa shape index (κ1) is 17.4. The number of nitrogens with zero attached hydrogens (tertiary/aromatic N) is 3. The van der Waals surface area contributed by atoms with Crippen LogP contribution in [0.15, 0.2) is 78.9 Å². The summed E-state index contributed by atoms with van der Waals surface area (Å²) in [5, 5.41) is 0.915. The van der Waals surface area contributed by atoms with Crippen LogP contribution < -0.4 is 10.6 Å². The van der Waals surface area contributed by atoms with E-state index in [1.165, 1.54) is 5.56 Å². The minimum absolute atomic E-state index is 0.344. The van der Waals surface area contributed by atoms with Crippen molar-refractivity contribution in [3.63, 3.8) is 0 Å². The summed E-state index contributed by atoms with van der Waals surface area (Å²) in [5.41, 5.74) is 9.95. The molecule has 0 aliphatic carbocycles. The van der Waals surface area contributed by atoms with E-state index in [1.807, 2.05) is 71.6 Å². The van der Waals surface area contributed by atoms with Crippen molar-refractivity contribution < 1.29 is 4.79 Å². The number of hydrogen-bond acceptors (Lipinski definition) is 4. The fourth-order valence-corrected chi connectivity index (χ4v) is 3.99. The van der Waals surface area contributed by atoms with Crippen LogP contribution in [0.4, 0.5) is 5.82 Å². The standard InChI is InChI=1S/C24H20N4O/c25-22(29)21-14-17-10-4-5-11-18(17)15-28(21)24-19-12-6-7-13-20(19)26-23(27-24)16-8-2-1-3-9-16/h1-13,21H,14-15H2,(H2,25,29). The largest absolute Gasteiger partial charge is 0.368 e. The molecule has 1 aliphatic rings. The van der Waals surface area contributed by atoms with Crippen LogP contribution in [0.5, 0.6) is 0 Å². The van der Waals surface area contributed by atoms with Crippen molar-refractivity contribution in [3.8, 4) is 11.4 Å². The number of aromatic nitrogens is 2. The normalized spacial score (nSPS) is 15.9. The average molecular weight is 380 g/mol. The Morgan fingerprint density at radius 3 is 2.34 bits per heavy atom. The third-order valence-electron chi connectivity index (χ3n) is 5.46. The Labute approximate surface area is 168 Å². The number of primary amides is 1. The Morgan fingerprint density at radius 2 is 1.55 bits per heavy atom. The van der Waals surface area contributed by atoms with E-state index in [1.54, 1.807) is 0 Å². The van der Waals surface area contributed by atoms with Gasteiger partial charge in [0.1, 0.15) is 11.9 Å². The Morgan fingerprint density at radius 1 is 0.862 bits per heavy atom. The molecule has 2 heterocycles. The molecule has 0 radical (unpaired) electrons. The lowest BCUT2D eigenvalue weighted by molar-refractivity contribution is -0.119. The number of anilines is 1. The number of carbonyl (C=O) groups is 1. The third-order valence-corrected chi connectivity index (χ3v) is 5.46. The molecule has 4 aromatic rings. The van der Waals surface area contributed by atoms with Gasteiger partial charge < -0.3 is 10.6 Å². The predicted molar refractivity (Wildman–Crippen MR) is 114 cm³/mol. The molecule has 0 saturated heterocycles. The zero-order valence-electron chi connectivity index (χ0n) is 15.8. The van der Waals surface area contributed by atoms with Crippen molar-refractivity contribution in [2.45, 2.75) is 19.0 Å². The van der Waals surface area contributed by atoms with Gasteiger partial charge in [-0.15, -0.1) is 0 Å². The van der Waals surface area contributed by atoms with Gasteiger partial charge in [0.15, 0.2) is 5.82 Å². The Balaban J connectivity index is 1.71. The first-order valence-corrected chi connectivity index (χ1v) is 9.65. The highest BCUT2D eigenvalue weighted by Crippen LogP contribution is 2.33. The summed E-state index contributed by atoms with van der Waals surface area (Å²) in [5.74, 6) is 1.04. The first-order valence-electron chi connectivity index (χ1n) is 9.65. The molecular weight excluding hydrogens is 360 g/mol. The van der Waals surface area contributed by atoms with Crippen molar-refractivity contribution in [2.75, 3.05) is 4.90 Å². The molecule has 0 bridgehead atoms. The molecule has 0 spiro atoms. The fourth-order valence-electron chi connectivity index (χ4n) is 3.99. The molecule has 3 aromatic carbocycles. The highest BCUT2D eigenvalue weighted by Gasteiger charge is 2.32. The third kappa shape index (κ3) is 3.10. The van der Waals surface area contributed by atoms with Crippen LogP contribution in [-0.4, -0.2) is 21.9 Å². The van der Waals surface area contributed by atoms with Crippen molar-refractivity contribution in [3.05, 3.63) is 90.0 Å². The monoisotopic (exact) mass is 380 g/mol. The SMILES string of the molecule is NC(=O)C1Cc2ccccc2CN1c1nc(-c2ccccc2)nc2ccccc12. The summed E-state index contributed by atoms with van der Waals surface area (Å²) in [4.78, 5) is 24.1. The highest BCUT2D eigenvalue weighted by atomic mass is 16.1. The summed E-state index contributed by atoms with van der Waals surface area (Å²) >= 11 is 0. The van der Waals surface area contributed by atoms with Crippen LogP contribution in [0.3, 0.4) is 0 Å². The van der Waals surface area contributed by atoms with Crippen molar-refractivity contribution >= 4 is 22.6 Å². The minimum atomic E-state index is -0.452. The van der Waals surface area contributed by atoms with Crippen molar-refractivity contribution in [2.24, 2.45) is 5.73 Å². The average Bonchev–Trinajstić information content (AvgIpc) is 2.78. The van der Waals surface area contributed by atoms with Gasteiger partial charge in [0.2, 0.25) is 5.91 Å². The molecule has 1 aliphatic heterocycles. The van der Waals surface area contributed by atoms with Gasteiger partial charge in [-0.2, -0.15) is 0 Å². The van der Waals surface area contributed by atoms with E-state index in [0.717, 1.165) is 27.8 Å². The Bertz CT molecular complexity index is 1210. The van der Waals surface area contributed by atoms with Crippen molar-refractivity contribution in [1.29, 1.82) is 0 Å². The smallest absolute Gasteiger partial charge is 0.240 e. The summed E-state index contributed by atoms with van der Waals surface area (Å²) in [6, 6.07) is 25.5.